The van der Waals surface area contributed by atoms with Crippen LogP contribution >= 0.6 is 0 Å². The first-order valence-electron chi connectivity index (χ1n) is 17.3. The second-order valence-corrected chi connectivity index (χ2v) is 13.4. The van der Waals surface area contributed by atoms with Crippen LogP contribution in [0.2, 0.25) is 0 Å². The van der Waals surface area contributed by atoms with Crippen LogP contribution in [0.4, 0.5) is 0 Å². The smallest absolute Gasteiger partial charge is 0.345 e. The minimum atomic E-state index is -2.24. The van der Waals surface area contributed by atoms with Crippen molar-refractivity contribution in [2.45, 2.75) is 55.8 Å². The Morgan fingerprint density at radius 3 is 1.91 bits per heavy atom. The van der Waals surface area contributed by atoms with Gasteiger partial charge in [-0.25, -0.2) is 9.59 Å². The quantitative estimate of drug-likeness (QED) is 0.0736. The Morgan fingerprint density at radius 1 is 0.724 bits per heavy atom. The monoisotopic (exact) mass is 814 g/mol. The van der Waals surface area contributed by atoms with Gasteiger partial charge in [0.15, 0.2) is 23.0 Å². The molecule has 11 N–H and O–H groups in total. The molecule has 1 unspecified atom stereocenters. The lowest BCUT2D eigenvalue weighted by molar-refractivity contribution is -0.277. The number of ether oxygens (including phenoxy) is 4. The fourth-order valence-corrected chi connectivity index (χ4v) is 6.68. The maximum absolute atomic E-state index is 14.1. The maximum atomic E-state index is 14.1. The number of hydrogen-bond donors (Lipinski definition) is 11. The van der Waals surface area contributed by atoms with Crippen LogP contribution in [0.1, 0.15) is 22.6 Å². The number of hydrogen-bond acceptors (Lipinski definition) is 17. The van der Waals surface area contributed by atoms with E-state index in [1.807, 2.05) is 0 Å². The largest absolute Gasteiger partial charge is 0.504 e. The number of carbonyl (C=O) groups is 5. The van der Waals surface area contributed by atoms with Gasteiger partial charge < -0.3 is 75.1 Å². The van der Waals surface area contributed by atoms with Gasteiger partial charge in [0.05, 0.1) is 18.4 Å². The van der Waals surface area contributed by atoms with Crippen molar-refractivity contribution >= 4 is 29.8 Å². The molecule has 10 atom stereocenters. The topological polar surface area (TPSA) is 345 Å². The molecule has 310 valence electrons. The number of aromatic hydroxyl groups is 4. The van der Waals surface area contributed by atoms with Crippen molar-refractivity contribution in [3.05, 3.63) is 89.0 Å². The van der Waals surface area contributed by atoms with Crippen LogP contribution in [-0.2, 0) is 51.2 Å². The Kier molecular flexibility index (Phi) is 13.1. The molecule has 0 radical (unpaired) electrons. The summed E-state index contributed by atoms with van der Waals surface area (Å²) < 4.78 is 21.5. The highest BCUT2D eigenvalue weighted by molar-refractivity contribution is 6.00. The molecular weight excluding hydrogens is 776 g/mol. The van der Waals surface area contributed by atoms with Crippen molar-refractivity contribution in [2.24, 2.45) is 17.8 Å². The predicted molar refractivity (Wildman–Crippen MR) is 188 cm³/mol. The van der Waals surface area contributed by atoms with Crippen molar-refractivity contribution in [3.8, 4) is 28.7 Å². The standard InChI is InChI=1S/C38H38O20/c39-13-26-30(44)31(45)32(46)38(58-26)56-18-5-1-15(2-6-18)14-55-36(53)20-12-19(33(47)48)27(17-4-8-22(41)24(43)11-17)29(28(20)35(51)52)37(54)57-25(34(49)50)10-16-3-7-21(40)23(42)9-16/h1-9,11-12,19,25-32,38-46H,10,13-14H2,(H,47,48)(H,49,50)(H,51,52)/t19-,25?,26+,27+,28+,29-,30+,31-,32+,38+/m0/s1. The van der Waals surface area contributed by atoms with Gasteiger partial charge >= 0.3 is 29.8 Å². The van der Waals surface area contributed by atoms with Crippen LogP contribution in [-0.4, -0.2) is 129 Å². The van der Waals surface area contributed by atoms with E-state index in [-0.39, 0.29) is 22.4 Å². The zero-order valence-electron chi connectivity index (χ0n) is 29.8. The van der Waals surface area contributed by atoms with Gasteiger partial charge in [0.25, 0.3) is 0 Å². The molecule has 1 fully saturated rings. The van der Waals surface area contributed by atoms with E-state index in [9.17, 15) is 80.1 Å². The van der Waals surface area contributed by atoms with Crippen LogP contribution in [0.3, 0.4) is 0 Å². The van der Waals surface area contributed by atoms with Crippen molar-refractivity contribution in [1.29, 1.82) is 0 Å². The Hall–Kier alpha value is -6.45. The van der Waals surface area contributed by atoms with Crippen molar-refractivity contribution in [1.82, 2.24) is 0 Å². The fraction of sp³-hybridized carbons (Fsp3) is 0.342. The molecule has 5 rings (SSSR count). The van der Waals surface area contributed by atoms with E-state index < -0.39 is 139 Å². The highest BCUT2D eigenvalue weighted by atomic mass is 16.7. The lowest BCUT2D eigenvalue weighted by Gasteiger charge is -2.39. The van der Waals surface area contributed by atoms with Crippen molar-refractivity contribution in [3.63, 3.8) is 0 Å². The summed E-state index contributed by atoms with van der Waals surface area (Å²) in [7, 11) is 0. The lowest BCUT2D eigenvalue weighted by atomic mass is 9.64. The summed E-state index contributed by atoms with van der Waals surface area (Å²) >= 11 is 0. The van der Waals surface area contributed by atoms with E-state index in [0.717, 1.165) is 36.4 Å². The number of esters is 2. The van der Waals surface area contributed by atoms with Gasteiger partial charge in [-0.05, 0) is 53.1 Å². The van der Waals surface area contributed by atoms with E-state index in [0.29, 0.717) is 0 Å². The highest BCUT2D eigenvalue weighted by Crippen LogP contribution is 2.47. The van der Waals surface area contributed by atoms with Crippen LogP contribution in [0.15, 0.2) is 72.3 Å². The van der Waals surface area contributed by atoms with Gasteiger partial charge in [0, 0.05) is 17.9 Å². The first-order valence-corrected chi connectivity index (χ1v) is 17.3. The van der Waals surface area contributed by atoms with E-state index >= 15 is 0 Å². The highest BCUT2D eigenvalue weighted by Gasteiger charge is 2.54. The van der Waals surface area contributed by atoms with Crippen LogP contribution in [0.5, 0.6) is 28.7 Å². The van der Waals surface area contributed by atoms with Gasteiger partial charge in [-0.15, -0.1) is 0 Å². The molecule has 1 saturated heterocycles. The number of carboxylic acids is 3. The second-order valence-electron chi connectivity index (χ2n) is 13.4. The third kappa shape index (κ3) is 9.22. The summed E-state index contributed by atoms with van der Waals surface area (Å²) in [5.41, 5.74) is -0.722. The normalized spacial score (nSPS) is 26.1. The first kappa shape index (κ1) is 42.7. The van der Waals surface area contributed by atoms with Gasteiger partial charge in [-0.2, -0.15) is 0 Å². The van der Waals surface area contributed by atoms with E-state index in [1.165, 1.54) is 30.3 Å². The minimum Gasteiger partial charge on any atom is -0.504 e. The molecule has 1 aliphatic carbocycles. The Balaban J connectivity index is 1.43. The van der Waals surface area contributed by atoms with Crippen LogP contribution in [0.25, 0.3) is 0 Å². The molecule has 3 aromatic carbocycles. The Labute approximate surface area is 326 Å². The zero-order valence-corrected chi connectivity index (χ0v) is 29.8. The number of carbonyl (C=O) groups excluding carboxylic acids is 2. The predicted octanol–water partition coefficient (Wildman–Crippen LogP) is -0.288. The van der Waals surface area contributed by atoms with Gasteiger partial charge in [-0.1, -0.05) is 30.3 Å². The number of benzene rings is 3. The molecular formula is C38H38O20. The summed E-state index contributed by atoms with van der Waals surface area (Å²) in [6.45, 7) is -1.26. The van der Waals surface area contributed by atoms with E-state index in [1.54, 1.807) is 0 Å². The third-order valence-electron chi connectivity index (χ3n) is 9.66. The molecule has 0 saturated carbocycles. The third-order valence-corrected chi connectivity index (χ3v) is 9.66. The van der Waals surface area contributed by atoms with Crippen molar-refractivity contribution in [2.75, 3.05) is 6.61 Å². The Morgan fingerprint density at radius 2 is 1.34 bits per heavy atom. The average Bonchev–Trinajstić information content (AvgIpc) is 3.18. The van der Waals surface area contributed by atoms with Gasteiger partial charge in [-0.3, -0.25) is 14.4 Å². The average molecular weight is 815 g/mol. The fourth-order valence-electron chi connectivity index (χ4n) is 6.68. The lowest BCUT2D eigenvalue weighted by Crippen LogP contribution is -2.60. The second kappa shape index (κ2) is 17.8. The molecule has 3 aromatic rings. The molecule has 20 nitrogen and oxygen atoms in total. The first-order chi connectivity index (χ1) is 27.4. The van der Waals surface area contributed by atoms with Crippen LogP contribution < -0.4 is 4.74 Å². The number of rotatable bonds is 14. The minimum absolute atomic E-state index is 0.0509. The van der Waals surface area contributed by atoms with Crippen LogP contribution in [0, 0.1) is 17.8 Å². The van der Waals surface area contributed by atoms with Crippen molar-refractivity contribution < 1.29 is 99.1 Å². The number of aliphatic carboxylic acids is 3. The van der Waals surface area contributed by atoms with Gasteiger partial charge in [0.2, 0.25) is 12.4 Å². The molecule has 0 bridgehead atoms. The van der Waals surface area contributed by atoms with E-state index in [4.69, 9.17) is 18.9 Å². The molecule has 58 heavy (non-hydrogen) atoms. The number of phenols is 4. The molecule has 1 aliphatic heterocycles. The molecule has 0 aromatic heterocycles. The SMILES string of the molecule is O=C(OCc1ccc(O[C@@H]2O[C@H](CO)[C@@H](O)[C@H](O)[C@H]2O)cc1)C1=C[C@H](C(=O)O)[C@@H](c2ccc(O)c(O)c2)[C@H](C(=O)OC(Cc2ccc(O)c(O)c2)C(=O)O)[C@@H]1C(=O)O. The summed E-state index contributed by atoms with van der Waals surface area (Å²) in [4.78, 5) is 65.7. The number of aliphatic hydroxyl groups is 4. The summed E-state index contributed by atoms with van der Waals surface area (Å²) in [5.74, 6) is -18.9. The molecule has 20 heteroatoms. The molecule has 1 heterocycles. The molecule has 0 amide bonds. The molecule has 2 aliphatic rings. The molecule has 0 spiro atoms. The Bertz CT molecular complexity index is 2060. The zero-order chi connectivity index (χ0) is 42.6. The summed E-state index contributed by atoms with van der Waals surface area (Å²) in [6, 6.07) is 11.5. The summed E-state index contributed by atoms with van der Waals surface area (Å²) in [5, 5.41) is 110. The maximum Gasteiger partial charge on any atom is 0.345 e. The number of carboxylic acid groups (broad SMARTS) is 3. The van der Waals surface area contributed by atoms with E-state index in [2.05, 4.69) is 0 Å². The number of phenolic OH excluding ortho intramolecular Hbond substituents is 4. The number of aliphatic hydroxyl groups excluding tert-OH is 4. The van der Waals surface area contributed by atoms with Gasteiger partial charge in [0.1, 0.15) is 42.7 Å². The summed E-state index contributed by atoms with van der Waals surface area (Å²) in [6.07, 6.45) is -9.71.